The van der Waals surface area contributed by atoms with Crippen molar-refractivity contribution in [1.29, 1.82) is 0 Å². The van der Waals surface area contributed by atoms with E-state index in [1.54, 1.807) is 42.5 Å². The molecule has 0 heterocycles. The Labute approximate surface area is 155 Å². The molecule has 0 saturated heterocycles. The van der Waals surface area contributed by atoms with Gasteiger partial charge in [0.1, 0.15) is 5.75 Å². The lowest BCUT2D eigenvalue weighted by Crippen LogP contribution is -2.24. The molecule has 0 aliphatic heterocycles. The summed E-state index contributed by atoms with van der Waals surface area (Å²) in [6.07, 6.45) is 0.209. The highest BCUT2D eigenvalue weighted by atomic mass is 35.5. The second-order valence-electron chi connectivity index (χ2n) is 5.14. The van der Waals surface area contributed by atoms with E-state index in [-0.39, 0.29) is 18.9 Å². The maximum Gasteiger partial charge on any atom is 0.337 e. The van der Waals surface area contributed by atoms with Gasteiger partial charge in [-0.2, -0.15) is 0 Å². The molecule has 0 fully saturated rings. The number of hydrogen-bond donors (Lipinski definition) is 1. The van der Waals surface area contributed by atoms with Crippen molar-refractivity contribution < 1.29 is 19.1 Å². The van der Waals surface area contributed by atoms with Gasteiger partial charge in [-0.1, -0.05) is 35.3 Å². The molecule has 1 amide bonds. The maximum atomic E-state index is 11.8. The molecule has 0 aliphatic rings. The highest BCUT2D eigenvalue weighted by molar-refractivity contribution is 6.42. The third kappa shape index (κ3) is 5.96. The van der Waals surface area contributed by atoms with Crippen LogP contribution in [0.5, 0.6) is 5.75 Å². The summed E-state index contributed by atoms with van der Waals surface area (Å²) in [7, 11) is 1.33. The fourth-order valence-electron chi connectivity index (χ4n) is 1.99. The number of carbonyl (C=O) groups excluding carboxylic acids is 2. The lowest BCUT2D eigenvalue weighted by molar-refractivity contribution is -0.121. The van der Waals surface area contributed by atoms with E-state index in [4.69, 9.17) is 27.9 Å². The summed E-state index contributed by atoms with van der Waals surface area (Å²) in [6, 6.07) is 11.8. The number of esters is 1. The lowest BCUT2D eigenvalue weighted by atomic mass is 10.1. The summed E-state index contributed by atoms with van der Waals surface area (Å²) in [6.45, 7) is 0.595. The smallest absolute Gasteiger partial charge is 0.337 e. The van der Waals surface area contributed by atoms with Gasteiger partial charge in [0, 0.05) is 12.6 Å². The van der Waals surface area contributed by atoms with Crippen molar-refractivity contribution in [1.82, 2.24) is 5.32 Å². The monoisotopic (exact) mass is 381 g/mol. The molecule has 0 aliphatic carbocycles. The van der Waals surface area contributed by atoms with Crippen molar-refractivity contribution in [3.8, 4) is 5.75 Å². The van der Waals surface area contributed by atoms with Crippen LogP contribution in [0.25, 0.3) is 0 Å². The average Bonchev–Trinajstić information content (AvgIpc) is 2.62. The van der Waals surface area contributed by atoms with Crippen LogP contribution in [0.15, 0.2) is 42.5 Å². The van der Waals surface area contributed by atoms with Crippen molar-refractivity contribution in [3.05, 3.63) is 63.6 Å². The molecule has 5 nitrogen and oxygen atoms in total. The highest BCUT2D eigenvalue weighted by Gasteiger charge is 2.06. The fraction of sp³-hybridized carbons (Fsp3) is 0.222. The minimum atomic E-state index is -0.393. The first-order valence-electron chi connectivity index (χ1n) is 7.51. The highest BCUT2D eigenvalue weighted by Crippen LogP contribution is 2.26. The van der Waals surface area contributed by atoms with Gasteiger partial charge >= 0.3 is 5.97 Å². The van der Waals surface area contributed by atoms with Crippen molar-refractivity contribution >= 4 is 35.1 Å². The third-order valence-electron chi connectivity index (χ3n) is 3.35. The van der Waals surface area contributed by atoms with Gasteiger partial charge in [0.25, 0.3) is 0 Å². The van der Waals surface area contributed by atoms with Crippen LogP contribution in [-0.2, 0) is 16.1 Å². The Balaban J connectivity index is 1.73. The Kier molecular flexibility index (Phi) is 7.10. The second-order valence-corrected chi connectivity index (χ2v) is 5.95. The second kappa shape index (κ2) is 9.30. The number of halogens is 2. The molecule has 2 aromatic carbocycles. The van der Waals surface area contributed by atoms with Crippen LogP contribution < -0.4 is 10.1 Å². The Morgan fingerprint density at radius 3 is 2.40 bits per heavy atom. The van der Waals surface area contributed by atoms with Crippen LogP contribution in [0, 0.1) is 0 Å². The summed E-state index contributed by atoms with van der Waals surface area (Å²) < 4.78 is 10.1. The maximum absolute atomic E-state index is 11.8. The standard InChI is InChI=1S/C18H17Cl2NO4/c1-24-18(23)13-4-2-12(3-5-13)11-21-17(22)8-9-25-14-6-7-15(19)16(20)10-14/h2-7,10H,8-9,11H2,1H3,(H,21,22). The Morgan fingerprint density at radius 1 is 1.04 bits per heavy atom. The van der Waals surface area contributed by atoms with Crippen LogP contribution >= 0.6 is 23.2 Å². The van der Waals surface area contributed by atoms with Gasteiger partial charge < -0.3 is 14.8 Å². The van der Waals surface area contributed by atoms with Crippen LogP contribution in [-0.4, -0.2) is 25.6 Å². The number of nitrogens with one attached hydrogen (secondary N) is 1. The molecule has 0 bridgehead atoms. The zero-order chi connectivity index (χ0) is 18.2. The molecular weight excluding hydrogens is 365 g/mol. The summed E-state index contributed by atoms with van der Waals surface area (Å²) in [5, 5.41) is 3.64. The van der Waals surface area contributed by atoms with Crippen LogP contribution in [0.1, 0.15) is 22.3 Å². The topological polar surface area (TPSA) is 64.6 Å². The number of amides is 1. The molecule has 0 radical (unpaired) electrons. The first-order valence-corrected chi connectivity index (χ1v) is 8.27. The van der Waals surface area contributed by atoms with E-state index in [0.29, 0.717) is 27.9 Å². The number of methoxy groups -OCH3 is 1. The molecule has 7 heteroatoms. The minimum Gasteiger partial charge on any atom is -0.493 e. The molecule has 25 heavy (non-hydrogen) atoms. The lowest BCUT2D eigenvalue weighted by Gasteiger charge is -2.08. The van der Waals surface area contributed by atoms with Gasteiger partial charge in [-0.05, 0) is 29.8 Å². The van der Waals surface area contributed by atoms with Gasteiger partial charge in [-0.15, -0.1) is 0 Å². The Morgan fingerprint density at radius 2 is 1.76 bits per heavy atom. The summed E-state index contributed by atoms with van der Waals surface area (Å²) in [5.41, 5.74) is 1.35. The Bertz CT molecular complexity index is 747. The number of rotatable bonds is 7. The molecule has 0 atom stereocenters. The first-order chi connectivity index (χ1) is 12.0. The minimum absolute atomic E-state index is 0.142. The summed E-state index contributed by atoms with van der Waals surface area (Å²) in [4.78, 5) is 23.2. The van der Waals surface area contributed by atoms with Gasteiger partial charge in [0.05, 0.1) is 35.7 Å². The van der Waals surface area contributed by atoms with E-state index in [0.717, 1.165) is 5.56 Å². The normalized spacial score (nSPS) is 10.2. The third-order valence-corrected chi connectivity index (χ3v) is 4.09. The summed E-state index contributed by atoms with van der Waals surface area (Å²) in [5.74, 6) is 0.0211. The first kappa shape index (κ1) is 19.1. The van der Waals surface area contributed by atoms with E-state index < -0.39 is 5.97 Å². The number of benzene rings is 2. The van der Waals surface area contributed by atoms with E-state index in [1.807, 2.05) is 0 Å². The van der Waals surface area contributed by atoms with Gasteiger partial charge in [0.2, 0.25) is 5.91 Å². The Hall–Kier alpha value is -2.24. The number of ether oxygens (including phenoxy) is 2. The predicted octanol–water partition coefficient (Wildman–Crippen LogP) is 3.87. The molecule has 0 saturated carbocycles. The quantitative estimate of drug-likeness (QED) is 0.739. The van der Waals surface area contributed by atoms with Crippen molar-refractivity contribution in [2.45, 2.75) is 13.0 Å². The van der Waals surface area contributed by atoms with E-state index in [1.165, 1.54) is 7.11 Å². The fourth-order valence-corrected chi connectivity index (χ4v) is 2.28. The van der Waals surface area contributed by atoms with Crippen LogP contribution in [0.4, 0.5) is 0 Å². The van der Waals surface area contributed by atoms with Crippen molar-refractivity contribution in [2.75, 3.05) is 13.7 Å². The van der Waals surface area contributed by atoms with Gasteiger partial charge in [-0.3, -0.25) is 4.79 Å². The largest absolute Gasteiger partial charge is 0.493 e. The molecular formula is C18H17Cl2NO4. The van der Waals surface area contributed by atoms with E-state index in [9.17, 15) is 9.59 Å². The zero-order valence-corrected chi connectivity index (χ0v) is 15.1. The molecule has 0 unspecified atom stereocenters. The molecule has 1 N–H and O–H groups in total. The zero-order valence-electron chi connectivity index (χ0n) is 13.6. The average molecular weight is 382 g/mol. The molecule has 0 spiro atoms. The van der Waals surface area contributed by atoms with Crippen molar-refractivity contribution in [3.63, 3.8) is 0 Å². The predicted molar refractivity (Wildman–Crippen MR) is 96.2 cm³/mol. The van der Waals surface area contributed by atoms with Gasteiger partial charge in [-0.25, -0.2) is 4.79 Å². The molecule has 2 rings (SSSR count). The number of hydrogen-bond acceptors (Lipinski definition) is 4. The molecule has 0 aromatic heterocycles. The van der Waals surface area contributed by atoms with E-state index in [2.05, 4.69) is 10.1 Å². The van der Waals surface area contributed by atoms with Crippen LogP contribution in [0.2, 0.25) is 10.0 Å². The SMILES string of the molecule is COC(=O)c1ccc(CNC(=O)CCOc2ccc(Cl)c(Cl)c2)cc1. The molecule has 2 aromatic rings. The number of carbonyl (C=O) groups is 2. The molecule has 132 valence electrons. The van der Waals surface area contributed by atoms with Gasteiger partial charge in [0.15, 0.2) is 0 Å². The van der Waals surface area contributed by atoms with Crippen molar-refractivity contribution in [2.24, 2.45) is 0 Å². The van der Waals surface area contributed by atoms with Crippen LogP contribution in [0.3, 0.4) is 0 Å². The van der Waals surface area contributed by atoms with E-state index >= 15 is 0 Å². The summed E-state index contributed by atoms with van der Waals surface area (Å²) >= 11 is 11.7.